The van der Waals surface area contributed by atoms with E-state index in [-0.39, 0.29) is 11.5 Å². The van der Waals surface area contributed by atoms with Crippen molar-refractivity contribution in [2.24, 2.45) is 5.92 Å². The first-order chi connectivity index (χ1) is 11.0. The molecule has 3 rings (SSSR count). The smallest absolute Gasteiger partial charge is 0.247 e. The number of benzene rings is 1. The van der Waals surface area contributed by atoms with Crippen molar-refractivity contribution in [3.8, 4) is 0 Å². The van der Waals surface area contributed by atoms with Crippen LogP contribution in [-0.2, 0) is 21.0 Å². The van der Waals surface area contributed by atoms with Crippen LogP contribution in [0, 0.1) is 5.92 Å². The van der Waals surface area contributed by atoms with Crippen molar-refractivity contribution in [3.63, 3.8) is 0 Å². The molecule has 1 aromatic heterocycles. The molecule has 0 unspecified atom stereocenters. The molecule has 1 N–H and O–H groups in total. The summed E-state index contributed by atoms with van der Waals surface area (Å²) in [5.41, 5.74) is 1.38. The van der Waals surface area contributed by atoms with Crippen molar-refractivity contribution >= 4 is 9.84 Å². The van der Waals surface area contributed by atoms with E-state index in [0.717, 1.165) is 18.4 Å². The number of aromatic amines is 1. The van der Waals surface area contributed by atoms with Gasteiger partial charge in [0.05, 0.1) is 11.5 Å². The molecule has 6 heteroatoms. The molecule has 23 heavy (non-hydrogen) atoms. The minimum Gasteiger partial charge on any atom is -0.365 e. The highest BCUT2D eigenvalue weighted by Gasteiger charge is 2.24. The Labute approximate surface area is 135 Å². The van der Waals surface area contributed by atoms with Crippen LogP contribution in [-0.4, -0.2) is 25.9 Å². The van der Waals surface area contributed by atoms with Crippen LogP contribution < -0.4 is 5.56 Å². The van der Waals surface area contributed by atoms with Crippen LogP contribution in [0.4, 0.5) is 0 Å². The highest BCUT2D eigenvalue weighted by molar-refractivity contribution is 7.91. The summed E-state index contributed by atoms with van der Waals surface area (Å²) < 4.78 is 30.4. The summed E-state index contributed by atoms with van der Waals surface area (Å²) in [4.78, 5) is 14.0. The van der Waals surface area contributed by atoms with Gasteiger partial charge in [0.15, 0.2) is 5.94 Å². The number of sulfone groups is 1. The minimum atomic E-state index is -3.48. The zero-order chi connectivity index (χ0) is 16.3. The quantitative estimate of drug-likeness (QED) is 0.842. The largest absolute Gasteiger partial charge is 0.365 e. The van der Waals surface area contributed by atoms with Crippen LogP contribution in [0.25, 0.3) is 0 Å². The summed E-state index contributed by atoms with van der Waals surface area (Å²) in [7, 11) is -3.48. The number of hydrogen-bond acceptors (Lipinski definition) is 4. The van der Waals surface area contributed by atoms with Crippen molar-refractivity contribution in [1.82, 2.24) is 4.98 Å². The standard InChI is InChI=1S/C17H19NO4S/c19-17-8-7-14(10-18-17)9-15-3-1-2-4-16(15)23(20,21)12-22-11-13-5-6-13/h1-4,7-8,10,13H,5-6,9,11-12H2,(H,18,19). The lowest BCUT2D eigenvalue weighted by molar-refractivity contribution is 0.165. The molecule has 1 saturated carbocycles. The van der Waals surface area contributed by atoms with Crippen molar-refractivity contribution in [1.29, 1.82) is 0 Å². The fourth-order valence-electron chi connectivity index (χ4n) is 2.40. The second kappa shape index (κ2) is 6.68. The van der Waals surface area contributed by atoms with Gasteiger partial charge >= 0.3 is 0 Å². The van der Waals surface area contributed by atoms with Crippen molar-refractivity contribution in [2.45, 2.75) is 24.2 Å². The third kappa shape index (κ3) is 4.30. The molecule has 1 heterocycles. The first-order valence-electron chi connectivity index (χ1n) is 7.60. The first kappa shape index (κ1) is 16.0. The summed E-state index contributed by atoms with van der Waals surface area (Å²) in [6, 6.07) is 10.1. The van der Waals surface area contributed by atoms with Crippen molar-refractivity contribution in [3.05, 3.63) is 64.1 Å². The molecular formula is C17H19NO4S. The predicted octanol–water partition coefficient (Wildman–Crippen LogP) is 2.12. The molecule has 0 amide bonds. The molecule has 0 atom stereocenters. The van der Waals surface area contributed by atoms with E-state index in [1.807, 2.05) is 6.07 Å². The number of ether oxygens (including phenoxy) is 1. The normalized spacial score (nSPS) is 14.8. The lowest BCUT2D eigenvalue weighted by Gasteiger charge is -2.11. The van der Waals surface area contributed by atoms with Crippen LogP contribution >= 0.6 is 0 Å². The van der Waals surface area contributed by atoms with Gasteiger partial charge in [0.1, 0.15) is 0 Å². The Morgan fingerprint density at radius 1 is 1.13 bits per heavy atom. The maximum atomic E-state index is 12.5. The van der Waals surface area contributed by atoms with E-state index in [9.17, 15) is 13.2 Å². The molecule has 1 fully saturated rings. The number of rotatable bonds is 7. The molecule has 0 saturated heterocycles. The molecule has 0 radical (unpaired) electrons. The molecule has 1 aliphatic rings. The Balaban J connectivity index is 1.78. The average molecular weight is 333 g/mol. The van der Waals surface area contributed by atoms with E-state index in [1.54, 1.807) is 30.5 Å². The van der Waals surface area contributed by atoms with Gasteiger partial charge in [-0.05, 0) is 36.0 Å². The lowest BCUT2D eigenvalue weighted by atomic mass is 10.1. The first-order valence-corrected chi connectivity index (χ1v) is 9.26. The maximum absolute atomic E-state index is 12.5. The van der Waals surface area contributed by atoms with Crippen LogP contribution in [0.2, 0.25) is 0 Å². The Hall–Kier alpha value is -1.92. The Morgan fingerprint density at radius 3 is 2.61 bits per heavy atom. The number of nitrogens with one attached hydrogen (secondary N) is 1. The molecular weight excluding hydrogens is 314 g/mol. The van der Waals surface area contributed by atoms with E-state index >= 15 is 0 Å². The number of H-pyrrole nitrogens is 1. The molecule has 0 bridgehead atoms. The summed E-state index contributed by atoms with van der Waals surface area (Å²) in [6.45, 7) is 0.515. The molecule has 2 aromatic rings. The second-order valence-corrected chi connectivity index (χ2v) is 7.80. The average Bonchev–Trinajstić information content (AvgIpc) is 3.34. The highest BCUT2D eigenvalue weighted by Crippen LogP contribution is 2.29. The topological polar surface area (TPSA) is 76.2 Å². The Morgan fingerprint density at radius 2 is 1.91 bits per heavy atom. The molecule has 122 valence electrons. The van der Waals surface area contributed by atoms with Gasteiger partial charge in [0.2, 0.25) is 15.4 Å². The van der Waals surface area contributed by atoms with Gasteiger partial charge in [-0.3, -0.25) is 4.79 Å². The molecule has 5 nitrogen and oxygen atoms in total. The summed E-state index contributed by atoms with van der Waals surface area (Å²) in [5, 5.41) is 0. The third-order valence-corrected chi connectivity index (χ3v) is 5.39. The summed E-state index contributed by atoms with van der Waals surface area (Å²) in [5.74, 6) is 0.244. The molecule has 1 aromatic carbocycles. The summed E-state index contributed by atoms with van der Waals surface area (Å²) >= 11 is 0. The predicted molar refractivity (Wildman–Crippen MR) is 87.0 cm³/mol. The third-order valence-electron chi connectivity index (χ3n) is 3.84. The lowest BCUT2D eigenvalue weighted by Crippen LogP contribution is -2.14. The van der Waals surface area contributed by atoms with Gasteiger partial charge in [-0.1, -0.05) is 24.3 Å². The van der Waals surface area contributed by atoms with Gasteiger partial charge in [-0.2, -0.15) is 0 Å². The van der Waals surface area contributed by atoms with Crippen LogP contribution in [0.5, 0.6) is 0 Å². The number of aromatic nitrogens is 1. The summed E-state index contributed by atoms with van der Waals surface area (Å²) in [6.07, 6.45) is 4.30. The van der Waals surface area contributed by atoms with Crippen molar-refractivity contribution in [2.75, 3.05) is 12.5 Å². The second-order valence-electron chi connectivity index (χ2n) is 5.89. The number of pyridine rings is 1. The van der Waals surface area contributed by atoms with E-state index in [0.29, 0.717) is 29.4 Å². The van der Waals surface area contributed by atoms with E-state index in [1.165, 1.54) is 6.07 Å². The fraction of sp³-hybridized carbons (Fsp3) is 0.353. The van der Waals surface area contributed by atoms with E-state index in [4.69, 9.17) is 4.74 Å². The van der Waals surface area contributed by atoms with Gasteiger partial charge in [0.25, 0.3) is 0 Å². The van der Waals surface area contributed by atoms with Crippen LogP contribution in [0.15, 0.2) is 52.3 Å². The Kier molecular flexibility index (Phi) is 4.63. The fourth-order valence-corrected chi connectivity index (χ4v) is 3.67. The van der Waals surface area contributed by atoms with Gasteiger partial charge in [-0.25, -0.2) is 8.42 Å². The zero-order valence-corrected chi connectivity index (χ0v) is 13.5. The van der Waals surface area contributed by atoms with Gasteiger partial charge in [-0.15, -0.1) is 0 Å². The monoisotopic (exact) mass is 333 g/mol. The maximum Gasteiger partial charge on any atom is 0.247 e. The van der Waals surface area contributed by atoms with Crippen LogP contribution in [0.3, 0.4) is 0 Å². The van der Waals surface area contributed by atoms with Crippen LogP contribution in [0.1, 0.15) is 24.0 Å². The van der Waals surface area contributed by atoms with Gasteiger partial charge in [0, 0.05) is 18.7 Å². The molecule has 0 spiro atoms. The molecule has 1 aliphatic carbocycles. The van der Waals surface area contributed by atoms with E-state index < -0.39 is 9.84 Å². The number of hydrogen-bond donors (Lipinski definition) is 1. The zero-order valence-electron chi connectivity index (χ0n) is 12.7. The minimum absolute atomic E-state index is 0.178. The Bertz CT molecular complexity index is 817. The highest BCUT2D eigenvalue weighted by atomic mass is 32.2. The van der Waals surface area contributed by atoms with Crippen molar-refractivity contribution < 1.29 is 13.2 Å². The van der Waals surface area contributed by atoms with Gasteiger partial charge < -0.3 is 9.72 Å². The van der Waals surface area contributed by atoms with E-state index in [2.05, 4.69) is 4.98 Å². The molecule has 0 aliphatic heterocycles. The SMILES string of the molecule is O=c1ccc(Cc2ccccc2S(=O)(=O)COCC2CC2)c[nH]1.